The Morgan fingerprint density at radius 3 is 2.76 bits per heavy atom. The number of aromatic nitrogens is 3. The molecule has 5 heterocycles. The Hall–Kier alpha value is -3.50. The van der Waals surface area contributed by atoms with Crippen LogP contribution in [0, 0.1) is 28.9 Å². The molecule has 1 spiro atoms. The van der Waals surface area contributed by atoms with Gasteiger partial charge >= 0.3 is 6.01 Å². The highest BCUT2D eigenvalue weighted by Gasteiger charge is 2.86. The van der Waals surface area contributed by atoms with E-state index < -0.39 is 17.5 Å². The number of nitrogens with zero attached hydrogens (tertiary/aromatic N) is 4. The lowest BCUT2D eigenvalue weighted by atomic mass is 9.93. The number of anilines is 1. The number of hydrogen-bond donors (Lipinski definition) is 2. The highest BCUT2D eigenvalue weighted by atomic mass is 19.1. The summed E-state index contributed by atoms with van der Waals surface area (Å²) in [6.45, 7) is 5.57. The number of halogens is 3. The summed E-state index contributed by atoms with van der Waals surface area (Å²) >= 11 is 0. The molecule has 5 aliphatic rings. The van der Waals surface area contributed by atoms with E-state index in [0.717, 1.165) is 24.8 Å². The van der Waals surface area contributed by atoms with E-state index in [1.165, 1.54) is 12.5 Å². The van der Waals surface area contributed by atoms with Gasteiger partial charge in [-0.3, -0.25) is 4.90 Å². The average Bonchev–Trinajstić information content (AvgIpc) is 3.57. The molecule has 9 rings (SSSR count). The summed E-state index contributed by atoms with van der Waals surface area (Å²) in [7, 11) is 0. The van der Waals surface area contributed by atoms with E-state index in [0.29, 0.717) is 82.7 Å². The smallest absolute Gasteiger partial charge is 0.319 e. The number of nitrogen functional groups attached to an aromatic ring is 1. The number of benzene rings is 2. The van der Waals surface area contributed by atoms with Crippen molar-refractivity contribution in [3.05, 3.63) is 53.2 Å². The Morgan fingerprint density at radius 1 is 1.13 bits per heavy atom. The highest BCUT2D eigenvalue weighted by molar-refractivity contribution is 6.01. The first-order valence-electron chi connectivity index (χ1n) is 16.4. The number of rotatable bonds is 8. The van der Waals surface area contributed by atoms with Gasteiger partial charge in [-0.15, -0.1) is 0 Å². The van der Waals surface area contributed by atoms with Crippen LogP contribution in [0.2, 0.25) is 0 Å². The van der Waals surface area contributed by atoms with Gasteiger partial charge in [0.1, 0.15) is 35.6 Å². The van der Waals surface area contributed by atoms with E-state index >= 15 is 8.78 Å². The van der Waals surface area contributed by atoms with E-state index in [4.69, 9.17) is 15.5 Å². The molecule has 0 amide bonds. The molecule has 7 nitrogen and oxygen atoms in total. The minimum atomic E-state index is -0.895. The highest BCUT2D eigenvalue weighted by Crippen LogP contribution is 2.79. The van der Waals surface area contributed by atoms with Gasteiger partial charge in [-0.05, 0) is 72.9 Å². The summed E-state index contributed by atoms with van der Waals surface area (Å²) in [5.74, 6) is -0.0106. The van der Waals surface area contributed by atoms with Crippen molar-refractivity contribution in [3.63, 3.8) is 0 Å². The van der Waals surface area contributed by atoms with Crippen LogP contribution >= 0.6 is 0 Å². The molecule has 3 N–H and O–H groups in total. The van der Waals surface area contributed by atoms with Gasteiger partial charge < -0.3 is 15.8 Å². The molecule has 234 valence electrons. The maximum absolute atomic E-state index is 16.8. The van der Waals surface area contributed by atoms with Gasteiger partial charge in [0, 0.05) is 36.0 Å². The zero-order valence-corrected chi connectivity index (χ0v) is 25.5. The standard InChI is InChI=1S/C35H37F3N6O/c1-3-20-22(37)9-8-18-6-4-7-21(25(18)20)29-28(38)30-26(23(40-29)12-17(2)27-31-35(27)14-24(35)41-31)32(39)43-33(42-30)45-16-34-10-5-11-44(34)15-19(36)13-34/h4,6-9,17,19,24,27,31,41H,3,5,10-16H2,1-2H3,(H2,39,42,43)/t17-,19+,24-,27-,31+,34-,35?/m0/s1. The third kappa shape index (κ3) is 3.87. The van der Waals surface area contributed by atoms with Crippen LogP contribution in [0.15, 0.2) is 30.3 Å². The fourth-order valence-corrected chi connectivity index (χ4v) is 9.64. The number of hydrogen-bond acceptors (Lipinski definition) is 7. The SMILES string of the molecule is CCc1c(F)ccc2cccc(-c3nc(C[C@H](C)[C@H]4[C@H]5N[C@H]6CC465)c4c(N)nc(OC[C@@]56CCCN5C[C@H](F)C6)nc4c3F)c12. The Bertz CT molecular complexity index is 1900. The summed E-state index contributed by atoms with van der Waals surface area (Å²) in [6, 6.07) is 9.90. The largest absolute Gasteiger partial charge is 0.461 e. The van der Waals surface area contributed by atoms with Crippen molar-refractivity contribution < 1.29 is 17.9 Å². The molecule has 0 radical (unpaired) electrons. The maximum atomic E-state index is 16.8. The Morgan fingerprint density at radius 2 is 2.00 bits per heavy atom. The lowest BCUT2D eigenvalue weighted by Gasteiger charge is -2.30. The van der Waals surface area contributed by atoms with Gasteiger partial charge in [0.25, 0.3) is 0 Å². The molecular weight excluding hydrogens is 577 g/mol. The molecule has 7 atom stereocenters. The molecule has 3 saturated heterocycles. The number of aryl methyl sites for hydroxylation is 1. The molecule has 2 aromatic carbocycles. The Labute approximate surface area is 259 Å². The fourth-order valence-electron chi connectivity index (χ4n) is 9.64. The predicted octanol–water partition coefficient (Wildman–Crippen LogP) is 5.76. The van der Waals surface area contributed by atoms with Crippen LogP contribution in [0.4, 0.5) is 19.0 Å². The molecule has 2 aromatic heterocycles. The number of nitrogens with two attached hydrogens (primary N) is 1. The predicted molar refractivity (Wildman–Crippen MR) is 167 cm³/mol. The van der Waals surface area contributed by atoms with E-state index in [9.17, 15) is 4.39 Å². The summed E-state index contributed by atoms with van der Waals surface area (Å²) in [4.78, 5) is 16.2. The summed E-state index contributed by atoms with van der Waals surface area (Å²) in [5, 5.41) is 5.51. The molecule has 4 aromatic rings. The number of nitrogens with one attached hydrogen (secondary N) is 1. The van der Waals surface area contributed by atoms with Crippen LogP contribution in [0.5, 0.6) is 6.01 Å². The first-order chi connectivity index (χ1) is 21.7. The van der Waals surface area contributed by atoms with Crippen LogP contribution in [0.1, 0.15) is 50.8 Å². The Kier molecular flexibility index (Phi) is 5.87. The number of pyridine rings is 1. The van der Waals surface area contributed by atoms with Gasteiger partial charge in [0.2, 0.25) is 0 Å². The monoisotopic (exact) mass is 614 g/mol. The van der Waals surface area contributed by atoms with E-state index in [-0.39, 0.29) is 35.5 Å². The second kappa shape index (κ2) is 9.51. The van der Waals surface area contributed by atoms with Gasteiger partial charge in [0.15, 0.2) is 5.82 Å². The van der Waals surface area contributed by atoms with Crippen LogP contribution in [-0.2, 0) is 12.8 Å². The number of fused-ring (bicyclic) bond motifs is 3. The molecule has 45 heavy (non-hydrogen) atoms. The van der Waals surface area contributed by atoms with Crippen molar-refractivity contribution in [2.45, 2.75) is 76.2 Å². The van der Waals surface area contributed by atoms with Crippen molar-refractivity contribution in [3.8, 4) is 17.3 Å². The van der Waals surface area contributed by atoms with Gasteiger partial charge in [-0.1, -0.05) is 38.1 Å². The summed E-state index contributed by atoms with van der Waals surface area (Å²) in [5.41, 5.74) is 8.46. The minimum absolute atomic E-state index is 0.0269. The van der Waals surface area contributed by atoms with Gasteiger partial charge in [0.05, 0.1) is 16.6 Å². The maximum Gasteiger partial charge on any atom is 0.319 e. The summed E-state index contributed by atoms with van der Waals surface area (Å²) < 4.78 is 52.4. The zero-order chi connectivity index (χ0) is 30.8. The second-order valence-corrected chi connectivity index (χ2v) is 14.2. The normalized spacial score (nSPS) is 31.8. The lowest BCUT2D eigenvalue weighted by molar-refractivity contribution is 0.107. The molecular formula is C35H37F3N6O. The van der Waals surface area contributed by atoms with Crippen molar-refractivity contribution in [2.24, 2.45) is 17.3 Å². The van der Waals surface area contributed by atoms with Crippen molar-refractivity contribution in [1.29, 1.82) is 0 Å². The average molecular weight is 615 g/mol. The Balaban J connectivity index is 1.17. The first kappa shape index (κ1) is 27.8. The quantitative estimate of drug-likeness (QED) is 0.261. The van der Waals surface area contributed by atoms with Crippen LogP contribution in [-0.4, -0.2) is 63.3 Å². The second-order valence-electron chi connectivity index (χ2n) is 14.2. The van der Waals surface area contributed by atoms with Crippen molar-refractivity contribution in [1.82, 2.24) is 25.2 Å². The third-order valence-corrected chi connectivity index (χ3v) is 11.8. The van der Waals surface area contributed by atoms with Crippen LogP contribution < -0.4 is 15.8 Å². The first-order valence-corrected chi connectivity index (χ1v) is 16.4. The van der Waals surface area contributed by atoms with Gasteiger partial charge in [-0.2, -0.15) is 9.97 Å². The van der Waals surface area contributed by atoms with E-state index in [2.05, 4.69) is 27.1 Å². The topological polar surface area (TPSA) is 89.2 Å². The minimum Gasteiger partial charge on any atom is -0.461 e. The molecule has 2 saturated carbocycles. The van der Waals surface area contributed by atoms with E-state index in [1.807, 2.05) is 19.1 Å². The molecule has 0 bridgehead atoms. The zero-order valence-electron chi connectivity index (χ0n) is 25.5. The molecule has 2 aliphatic carbocycles. The molecule has 10 heteroatoms. The van der Waals surface area contributed by atoms with Crippen LogP contribution in [0.3, 0.4) is 0 Å². The van der Waals surface area contributed by atoms with Crippen LogP contribution in [0.25, 0.3) is 32.9 Å². The van der Waals surface area contributed by atoms with Gasteiger partial charge in [-0.25, -0.2) is 18.2 Å². The summed E-state index contributed by atoms with van der Waals surface area (Å²) in [6.07, 6.45) is 3.58. The third-order valence-electron chi connectivity index (χ3n) is 11.8. The number of ether oxygens (including phenoxy) is 1. The fraction of sp³-hybridized carbons (Fsp3) is 0.514. The number of piperidine rings is 1. The number of alkyl halides is 1. The van der Waals surface area contributed by atoms with Crippen molar-refractivity contribution in [2.75, 3.05) is 25.4 Å². The molecule has 1 unspecified atom stereocenters. The lowest BCUT2D eigenvalue weighted by Crippen LogP contribution is -2.43. The van der Waals surface area contributed by atoms with Crippen molar-refractivity contribution >= 4 is 27.5 Å². The molecule has 5 fully saturated rings. The van der Waals surface area contributed by atoms with E-state index in [1.54, 1.807) is 12.1 Å². The molecule has 3 aliphatic heterocycles.